The van der Waals surface area contributed by atoms with Gasteiger partial charge in [0, 0.05) is 10.9 Å². The molecule has 0 amide bonds. The first kappa shape index (κ1) is 7.48. The van der Waals surface area contributed by atoms with Crippen molar-refractivity contribution in [3.05, 3.63) is 29.8 Å². The van der Waals surface area contributed by atoms with Crippen LogP contribution in [0, 0.1) is 0 Å². The van der Waals surface area contributed by atoms with Crippen molar-refractivity contribution in [1.29, 1.82) is 0 Å². The molecule has 1 nitrogen and oxygen atoms in total. The van der Waals surface area contributed by atoms with E-state index in [-0.39, 0.29) is 5.25 Å². The predicted molar refractivity (Wildman–Crippen MR) is 46.9 cm³/mol. The Kier molecular flexibility index (Phi) is 2.22. The molecule has 0 aliphatic rings. The van der Waals surface area contributed by atoms with Crippen LogP contribution in [0.2, 0.25) is 0 Å². The van der Waals surface area contributed by atoms with Crippen LogP contribution >= 0.6 is 12.6 Å². The summed E-state index contributed by atoms with van der Waals surface area (Å²) in [6.07, 6.45) is 0. The summed E-state index contributed by atoms with van der Waals surface area (Å²) in [4.78, 5) is 0. The quantitative estimate of drug-likeness (QED) is 0.615. The molecule has 10 heavy (non-hydrogen) atoms. The number of anilines is 1. The lowest BCUT2D eigenvalue weighted by molar-refractivity contribution is 1.11. The van der Waals surface area contributed by atoms with E-state index in [1.807, 2.05) is 31.2 Å². The normalized spacial score (nSPS) is 13.0. The Bertz CT molecular complexity index is 203. The Hall–Kier alpha value is -0.630. The molecule has 53 valence electrons. The van der Waals surface area contributed by atoms with Crippen LogP contribution in [0.5, 0.6) is 0 Å². The molecule has 1 rings (SSSR count). The highest BCUT2D eigenvalue weighted by molar-refractivity contribution is 7.80. The molecular weight excluding hydrogens is 142 g/mol. The van der Waals surface area contributed by atoms with Crippen molar-refractivity contribution in [3.8, 4) is 0 Å². The fourth-order valence-electron chi connectivity index (χ4n) is 0.767. The predicted octanol–water partition coefficient (Wildman–Crippen LogP) is 2.53. The maximum Gasteiger partial charge on any atom is 0.0373 e. The van der Waals surface area contributed by atoms with Crippen LogP contribution in [0.25, 0.3) is 0 Å². The van der Waals surface area contributed by atoms with Crippen LogP contribution in [0.4, 0.5) is 5.69 Å². The topological polar surface area (TPSA) is 26.0 Å². The van der Waals surface area contributed by atoms with E-state index in [1.165, 1.54) is 0 Å². The number of nitrogens with two attached hydrogens (primary N) is 1. The Morgan fingerprint density at radius 3 is 2.20 bits per heavy atom. The number of nitrogen functional groups attached to an aromatic ring is 1. The molecule has 2 heteroatoms. The summed E-state index contributed by atoms with van der Waals surface area (Å²) in [6.45, 7) is 1.99. The molecule has 0 aromatic heterocycles. The van der Waals surface area contributed by atoms with Gasteiger partial charge in [-0.1, -0.05) is 24.8 Å². The Labute approximate surface area is 66.7 Å². The maximum atomic E-state index is 5.49. The van der Waals surface area contributed by atoms with Gasteiger partial charge in [0.15, 0.2) is 0 Å². The minimum atomic E-state index is 0.181. The van der Waals surface area contributed by atoms with Gasteiger partial charge in [0.25, 0.3) is 0 Å². The smallest absolute Gasteiger partial charge is 0.0373 e. The molecule has 2 N–H and O–H groups in total. The third-order valence-electron chi connectivity index (χ3n) is 1.41. The van der Waals surface area contributed by atoms with Crippen molar-refractivity contribution in [2.24, 2.45) is 0 Å². The van der Waals surface area contributed by atoms with Crippen molar-refractivity contribution in [2.75, 3.05) is 5.73 Å². The van der Waals surface area contributed by atoms with Crippen molar-refractivity contribution in [1.82, 2.24) is 0 Å². The first-order chi connectivity index (χ1) is 4.70. The minimum absolute atomic E-state index is 0.181. The van der Waals surface area contributed by atoms with Gasteiger partial charge in [0.2, 0.25) is 0 Å². The zero-order valence-electron chi connectivity index (χ0n) is 5.87. The fourth-order valence-corrected chi connectivity index (χ4v) is 0.924. The lowest BCUT2D eigenvalue weighted by Crippen LogP contribution is -1.86. The van der Waals surface area contributed by atoms with Crippen LogP contribution in [0.3, 0.4) is 0 Å². The number of hydrogen-bond acceptors (Lipinski definition) is 1. The monoisotopic (exact) mass is 152 g/mol. The number of benzene rings is 1. The van der Waals surface area contributed by atoms with Gasteiger partial charge < -0.3 is 5.73 Å². The molecule has 0 aliphatic carbocycles. The molecule has 1 radical (unpaired) electrons. The highest BCUT2D eigenvalue weighted by Gasteiger charge is 1.97. The molecule has 0 heterocycles. The van der Waals surface area contributed by atoms with E-state index in [2.05, 4.69) is 0 Å². The summed E-state index contributed by atoms with van der Waals surface area (Å²) in [7, 11) is 0. The molecular formula is C8H10NS. The van der Waals surface area contributed by atoms with Gasteiger partial charge in [-0.3, -0.25) is 0 Å². The van der Waals surface area contributed by atoms with Gasteiger partial charge >= 0.3 is 0 Å². The first-order valence-corrected chi connectivity index (χ1v) is 3.68. The average molecular weight is 152 g/mol. The van der Waals surface area contributed by atoms with Gasteiger partial charge in [-0.15, -0.1) is 0 Å². The highest BCUT2D eigenvalue weighted by Crippen LogP contribution is 2.19. The average Bonchev–Trinajstić information content (AvgIpc) is 1.88. The summed E-state index contributed by atoms with van der Waals surface area (Å²) in [6, 6.07) is 7.68. The lowest BCUT2D eigenvalue weighted by Gasteiger charge is -2.01. The second-order valence-electron chi connectivity index (χ2n) is 2.31. The largest absolute Gasteiger partial charge is 0.399 e. The molecule has 1 aromatic rings. The third kappa shape index (κ3) is 1.67. The molecule has 0 bridgehead atoms. The second-order valence-corrected chi connectivity index (χ2v) is 3.02. The SMILES string of the molecule is CC([S])c1ccc(N)cc1. The molecule has 1 aromatic carbocycles. The Balaban J connectivity index is 2.89. The van der Waals surface area contributed by atoms with Gasteiger partial charge in [-0.2, -0.15) is 0 Å². The highest BCUT2D eigenvalue weighted by atomic mass is 32.1. The van der Waals surface area contributed by atoms with E-state index in [4.69, 9.17) is 18.4 Å². The summed E-state index contributed by atoms with van der Waals surface area (Å²) in [5.41, 5.74) is 7.44. The maximum absolute atomic E-state index is 5.49. The van der Waals surface area contributed by atoms with Crippen molar-refractivity contribution < 1.29 is 0 Å². The van der Waals surface area contributed by atoms with Crippen LogP contribution < -0.4 is 5.73 Å². The third-order valence-corrected chi connectivity index (χ3v) is 1.68. The van der Waals surface area contributed by atoms with Crippen LogP contribution in [0.1, 0.15) is 17.7 Å². The summed E-state index contributed by atoms with van der Waals surface area (Å²) in [5, 5.41) is 0.181. The Morgan fingerprint density at radius 2 is 1.80 bits per heavy atom. The van der Waals surface area contributed by atoms with E-state index >= 15 is 0 Å². The summed E-state index contributed by atoms with van der Waals surface area (Å²) >= 11 is 5.05. The number of rotatable bonds is 1. The molecule has 0 fully saturated rings. The molecule has 1 unspecified atom stereocenters. The standard InChI is InChI=1S/C8H10NS/c1-6(10)7-2-4-8(9)5-3-7/h2-6H,9H2,1H3. The van der Waals surface area contributed by atoms with Gasteiger partial charge in [0.1, 0.15) is 0 Å². The van der Waals surface area contributed by atoms with Gasteiger partial charge in [-0.05, 0) is 24.6 Å². The molecule has 0 spiro atoms. The van der Waals surface area contributed by atoms with E-state index in [0.717, 1.165) is 11.3 Å². The van der Waals surface area contributed by atoms with Crippen molar-refractivity contribution in [3.63, 3.8) is 0 Å². The lowest BCUT2D eigenvalue weighted by atomic mass is 10.1. The van der Waals surface area contributed by atoms with Crippen molar-refractivity contribution in [2.45, 2.75) is 12.2 Å². The molecule has 0 saturated carbocycles. The summed E-state index contributed by atoms with van der Waals surface area (Å²) in [5.74, 6) is 0. The van der Waals surface area contributed by atoms with E-state index in [0.29, 0.717) is 0 Å². The minimum Gasteiger partial charge on any atom is -0.399 e. The Morgan fingerprint density at radius 1 is 1.30 bits per heavy atom. The van der Waals surface area contributed by atoms with Crippen LogP contribution in [0.15, 0.2) is 24.3 Å². The number of hydrogen-bond donors (Lipinski definition) is 1. The molecule has 0 saturated heterocycles. The van der Waals surface area contributed by atoms with E-state index in [1.54, 1.807) is 0 Å². The summed E-state index contributed by atoms with van der Waals surface area (Å²) < 4.78 is 0. The fraction of sp³-hybridized carbons (Fsp3) is 0.250. The van der Waals surface area contributed by atoms with E-state index in [9.17, 15) is 0 Å². The second kappa shape index (κ2) is 2.97. The zero-order valence-corrected chi connectivity index (χ0v) is 6.69. The van der Waals surface area contributed by atoms with Gasteiger partial charge in [-0.25, -0.2) is 0 Å². The van der Waals surface area contributed by atoms with Crippen LogP contribution in [-0.2, 0) is 0 Å². The zero-order chi connectivity index (χ0) is 7.56. The first-order valence-electron chi connectivity index (χ1n) is 3.21. The van der Waals surface area contributed by atoms with E-state index < -0.39 is 0 Å². The molecule has 1 atom stereocenters. The van der Waals surface area contributed by atoms with Gasteiger partial charge in [0.05, 0.1) is 0 Å². The van der Waals surface area contributed by atoms with Crippen molar-refractivity contribution >= 4 is 18.3 Å². The molecule has 0 aliphatic heterocycles. The van der Waals surface area contributed by atoms with Crippen LogP contribution in [-0.4, -0.2) is 0 Å².